The van der Waals surface area contributed by atoms with Crippen molar-refractivity contribution in [2.45, 2.75) is 20.0 Å². The second-order valence-corrected chi connectivity index (χ2v) is 6.32. The third kappa shape index (κ3) is 3.43. The van der Waals surface area contributed by atoms with Crippen LogP contribution in [0, 0.1) is 0 Å². The normalized spacial score (nSPS) is 10.8. The van der Waals surface area contributed by atoms with Gasteiger partial charge in [0.05, 0.1) is 10.2 Å². The first-order valence-corrected chi connectivity index (χ1v) is 8.52. The number of hydrogen-bond donors (Lipinski definition) is 1. The van der Waals surface area contributed by atoms with Gasteiger partial charge >= 0.3 is 5.69 Å². The minimum Gasteiger partial charge on any atom is -0.508 e. The average molecular weight is 405 g/mol. The molecule has 3 rings (SSSR count). The van der Waals surface area contributed by atoms with Crippen LogP contribution in [0.1, 0.15) is 18.1 Å². The summed E-state index contributed by atoms with van der Waals surface area (Å²) in [6, 6.07) is 10.5. The maximum atomic E-state index is 12.2. The van der Waals surface area contributed by atoms with Gasteiger partial charge in [0.25, 0.3) is 0 Å². The highest BCUT2D eigenvalue weighted by atomic mass is 79.9. The molecule has 0 unspecified atom stereocenters. The highest BCUT2D eigenvalue weighted by Crippen LogP contribution is 2.30. The average Bonchev–Trinajstić information content (AvgIpc) is 2.93. The lowest BCUT2D eigenvalue weighted by molar-refractivity contribution is 0.302. The fraction of sp³-hybridized carbons (Fsp3) is 0.235. The molecule has 1 aromatic heterocycles. The van der Waals surface area contributed by atoms with Crippen molar-refractivity contribution in [3.05, 3.63) is 62.5 Å². The lowest BCUT2D eigenvalue weighted by Crippen LogP contribution is -2.23. The van der Waals surface area contributed by atoms with Crippen molar-refractivity contribution < 1.29 is 9.84 Å². The number of ether oxygens (including phenoxy) is 1. The predicted octanol–water partition coefficient (Wildman–Crippen LogP) is 2.58. The second-order valence-electron chi connectivity index (χ2n) is 5.47. The molecule has 2 aromatic carbocycles. The van der Waals surface area contributed by atoms with Crippen LogP contribution in [0.15, 0.2) is 45.7 Å². The van der Waals surface area contributed by atoms with Crippen molar-refractivity contribution in [2.75, 3.05) is 0 Å². The lowest BCUT2D eigenvalue weighted by Gasteiger charge is -2.15. The fourth-order valence-corrected chi connectivity index (χ4v) is 3.02. The van der Waals surface area contributed by atoms with Crippen LogP contribution in [-0.4, -0.2) is 24.9 Å². The highest BCUT2D eigenvalue weighted by Gasteiger charge is 2.15. The Morgan fingerprint density at radius 1 is 1.24 bits per heavy atom. The molecule has 0 aliphatic carbocycles. The van der Waals surface area contributed by atoms with Crippen LogP contribution in [0.4, 0.5) is 0 Å². The molecule has 0 amide bonds. The molecular formula is C17H17BrN4O3. The van der Waals surface area contributed by atoms with Crippen molar-refractivity contribution in [3.8, 4) is 17.2 Å². The summed E-state index contributed by atoms with van der Waals surface area (Å²) in [6.45, 7) is 2.30. The van der Waals surface area contributed by atoms with Crippen molar-refractivity contribution >= 4 is 15.9 Å². The van der Waals surface area contributed by atoms with Gasteiger partial charge in [-0.25, -0.2) is 4.79 Å². The largest absolute Gasteiger partial charge is 0.508 e. The Kier molecular flexibility index (Phi) is 4.89. The van der Waals surface area contributed by atoms with E-state index in [4.69, 9.17) is 4.74 Å². The van der Waals surface area contributed by atoms with Gasteiger partial charge in [0.15, 0.2) is 0 Å². The zero-order valence-electron chi connectivity index (χ0n) is 13.8. The van der Waals surface area contributed by atoms with Crippen LogP contribution < -0.4 is 10.4 Å². The molecule has 0 aliphatic rings. The van der Waals surface area contributed by atoms with Crippen molar-refractivity contribution in [3.63, 3.8) is 0 Å². The number of phenolic OH excluding ortho intramolecular Hbond substituents is 1. The topological polar surface area (TPSA) is 82.2 Å². The Morgan fingerprint density at radius 3 is 2.68 bits per heavy atom. The Morgan fingerprint density at radius 2 is 2.04 bits per heavy atom. The van der Waals surface area contributed by atoms with Gasteiger partial charge in [0.2, 0.25) is 0 Å². The van der Waals surface area contributed by atoms with Gasteiger partial charge in [-0.3, -0.25) is 0 Å². The molecule has 3 aromatic rings. The van der Waals surface area contributed by atoms with E-state index in [1.165, 1.54) is 9.36 Å². The Bertz CT molecular complexity index is 965. The van der Waals surface area contributed by atoms with Crippen LogP contribution in [0.3, 0.4) is 0 Å². The van der Waals surface area contributed by atoms with E-state index in [0.29, 0.717) is 15.9 Å². The maximum absolute atomic E-state index is 12.2. The zero-order chi connectivity index (χ0) is 18.0. The number of hydrogen-bond acceptors (Lipinski definition) is 5. The maximum Gasteiger partial charge on any atom is 0.368 e. The smallest absolute Gasteiger partial charge is 0.368 e. The number of benzene rings is 2. The third-order valence-corrected chi connectivity index (χ3v) is 4.49. The van der Waals surface area contributed by atoms with E-state index >= 15 is 0 Å². The Balaban J connectivity index is 1.99. The quantitative estimate of drug-likeness (QED) is 0.706. The molecule has 130 valence electrons. The number of rotatable bonds is 5. The lowest BCUT2D eigenvalue weighted by atomic mass is 10.0. The van der Waals surface area contributed by atoms with E-state index in [0.717, 1.165) is 17.5 Å². The van der Waals surface area contributed by atoms with Gasteiger partial charge in [0, 0.05) is 12.6 Å². The first-order valence-electron chi connectivity index (χ1n) is 7.72. The van der Waals surface area contributed by atoms with Crippen LogP contribution in [0.25, 0.3) is 5.69 Å². The van der Waals surface area contributed by atoms with E-state index in [1.54, 1.807) is 25.2 Å². The molecule has 0 fully saturated rings. The molecule has 0 radical (unpaired) electrons. The molecule has 0 saturated carbocycles. The Hall–Kier alpha value is -2.61. The van der Waals surface area contributed by atoms with E-state index in [1.807, 2.05) is 25.1 Å². The third-order valence-electron chi connectivity index (χ3n) is 3.87. The summed E-state index contributed by atoms with van der Waals surface area (Å²) in [5, 5.41) is 17.2. The molecule has 7 nitrogen and oxygen atoms in total. The van der Waals surface area contributed by atoms with Gasteiger partial charge in [-0.15, -0.1) is 0 Å². The molecule has 8 heteroatoms. The van der Waals surface area contributed by atoms with E-state index in [9.17, 15) is 9.90 Å². The zero-order valence-corrected chi connectivity index (χ0v) is 15.4. The van der Waals surface area contributed by atoms with E-state index in [2.05, 4.69) is 26.4 Å². The number of halogens is 1. The summed E-state index contributed by atoms with van der Waals surface area (Å²) in [6.07, 6.45) is 0.790. The summed E-state index contributed by atoms with van der Waals surface area (Å²) in [5.74, 6) is 0.751. The monoisotopic (exact) mass is 404 g/mol. The van der Waals surface area contributed by atoms with E-state index < -0.39 is 0 Å². The van der Waals surface area contributed by atoms with Crippen molar-refractivity contribution in [2.24, 2.45) is 7.05 Å². The summed E-state index contributed by atoms with van der Waals surface area (Å²) in [5.41, 5.74) is 2.25. The first kappa shape index (κ1) is 17.2. The minimum atomic E-state index is -0.319. The van der Waals surface area contributed by atoms with Crippen molar-refractivity contribution in [1.82, 2.24) is 19.8 Å². The summed E-state index contributed by atoms with van der Waals surface area (Å²) in [4.78, 5) is 12.2. The van der Waals surface area contributed by atoms with Gasteiger partial charge in [-0.05, 0) is 62.6 Å². The minimum absolute atomic E-state index is 0.153. The summed E-state index contributed by atoms with van der Waals surface area (Å²) < 4.78 is 9.00. The van der Waals surface area contributed by atoms with E-state index in [-0.39, 0.29) is 18.0 Å². The molecular weight excluding hydrogens is 388 g/mol. The molecule has 0 saturated heterocycles. The van der Waals surface area contributed by atoms with Gasteiger partial charge in [-0.1, -0.05) is 19.1 Å². The molecule has 0 spiro atoms. The van der Waals surface area contributed by atoms with Gasteiger partial charge in [0.1, 0.15) is 18.1 Å². The molecule has 1 heterocycles. The van der Waals surface area contributed by atoms with Gasteiger partial charge < -0.3 is 9.84 Å². The van der Waals surface area contributed by atoms with Gasteiger partial charge in [-0.2, -0.15) is 9.36 Å². The second kappa shape index (κ2) is 7.10. The highest BCUT2D eigenvalue weighted by molar-refractivity contribution is 9.10. The molecule has 0 atom stereocenters. The number of nitrogens with zero attached hydrogens (tertiary/aromatic N) is 4. The fourth-order valence-electron chi connectivity index (χ4n) is 2.54. The van der Waals surface area contributed by atoms with Crippen LogP contribution in [0.5, 0.6) is 11.5 Å². The number of aromatic hydroxyl groups is 1. The number of tetrazole rings is 1. The van der Waals surface area contributed by atoms with Crippen molar-refractivity contribution in [1.29, 1.82) is 0 Å². The molecule has 1 N–H and O–H groups in total. The van der Waals surface area contributed by atoms with Crippen LogP contribution in [0.2, 0.25) is 0 Å². The molecule has 0 bridgehead atoms. The standard InChI is InChI=1S/C17H17BrN4O3/c1-3-11-5-4-6-15(22-17(24)21(2)19-20-22)13(11)10-25-16-8-7-12(23)9-14(16)18/h4-9,23H,3,10H2,1-2H3. The number of aromatic nitrogens is 4. The SMILES string of the molecule is CCc1cccc(-n2nnn(C)c2=O)c1COc1ccc(O)cc1Br. The summed E-state index contributed by atoms with van der Waals surface area (Å²) in [7, 11) is 1.55. The summed E-state index contributed by atoms with van der Waals surface area (Å²) >= 11 is 3.37. The molecule has 25 heavy (non-hydrogen) atoms. The Labute approximate surface area is 152 Å². The first-order chi connectivity index (χ1) is 12.0. The van der Waals surface area contributed by atoms with Crippen LogP contribution >= 0.6 is 15.9 Å². The predicted molar refractivity (Wildman–Crippen MR) is 96.1 cm³/mol. The van der Waals surface area contributed by atoms with Crippen LogP contribution in [-0.2, 0) is 20.1 Å². The number of phenols is 1. The molecule has 0 aliphatic heterocycles. The number of aryl methyl sites for hydroxylation is 2.